The molecule has 1 aromatic heterocycles. The molecule has 2 aromatic carbocycles. The first-order valence-corrected chi connectivity index (χ1v) is 8.76. The lowest BCUT2D eigenvalue weighted by molar-refractivity contribution is 0.410. The molecule has 0 unspecified atom stereocenters. The molecule has 26 heavy (non-hydrogen) atoms. The maximum Gasteiger partial charge on any atom is 0.229 e. The molecule has 6 heteroatoms. The third-order valence-electron chi connectivity index (χ3n) is 3.83. The van der Waals surface area contributed by atoms with Crippen molar-refractivity contribution in [1.29, 1.82) is 0 Å². The largest absolute Gasteiger partial charge is 0.496 e. The highest BCUT2D eigenvalue weighted by Gasteiger charge is 2.05. The van der Waals surface area contributed by atoms with Gasteiger partial charge < -0.3 is 15.4 Å². The van der Waals surface area contributed by atoms with Gasteiger partial charge in [-0.2, -0.15) is 4.98 Å². The van der Waals surface area contributed by atoms with Gasteiger partial charge in [-0.3, -0.25) is 0 Å². The predicted octanol–water partition coefficient (Wildman–Crippen LogP) is 4.85. The number of rotatable bonds is 7. The topological polar surface area (TPSA) is 59.1 Å². The summed E-state index contributed by atoms with van der Waals surface area (Å²) in [6, 6.07) is 17.4. The standard InChI is InChI=1S/C20H21ClN4O/c1-14-12-19(22-11-10-15-6-3-4-9-18(15)26-2)25-20(23-14)24-17-8-5-7-16(21)13-17/h3-9,12-13H,10-11H2,1-2H3,(H2,22,23,24,25). The fourth-order valence-electron chi connectivity index (χ4n) is 2.65. The van der Waals surface area contributed by atoms with E-state index in [-0.39, 0.29) is 0 Å². The van der Waals surface area contributed by atoms with Gasteiger partial charge in [-0.05, 0) is 43.2 Å². The maximum absolute atomic E-state index is 6.02. The van der Waals surface area contributed by atoms with Crippen LogP contribution in [0, 0.1) is 6.92 Å². The van der Waals surface area contributed by atoms with Crippen LogP contribution in [0.2, 0.25) is 5.02 Å². The minimum Gasteiger partial charge on any atom is -0.496 e. The maximum atomic E-state index is 6.02. The number of benzene rings is 2. The Morgan fingerprint density at radius 2 is 1.88 bits per heavy atom. The van der Waals surface area contributed by atoms with E-state index in [1.807, 2.05) is 55.5 Å². The second-order valence-corrected chi connectivity index (χ2v) is 6.28. The summed E-state index contributed by atoms with van der Waals surface area (Å²) in [6.07, 6.45) is 0.837. The molecule has 5 nitrogen and oxygen atoms in total. The van der Waals surface area contributed by atoms with Gasteiger partial charge in [-0.1, -0.05) is 35.9 Å². The molecule has 0 saturated heterocycles. The van der Waals surface area contributed by atoms with Gasteiger partial charge >= 0.3 is 0 Å². The highest BCUT2D eigenvalue weighted by molar-refractivity contribution is 6.30. The van der Waals surface area contributed by atoms with E-state index in [9.17, 15) is 0 Å². The van der Waals surface area contributed by atoms with Gasteiger partial charge in [0, 0.05) is 29.0 Å². The zero-order valence-electron chi connectivity index (χ0n) is 14.8. The van der Waals surface area contributed by atoms with E-state index in [2.05, 4.69) is 26.7 Å². The normalized spacial score (nSPS) is 10.4. The van der Waals surface area contributed by atoms with Crippen LogP contribution in [-0.4, -0.2) is 23.6 Å². The molecule has 0 spiro atoms. The van der Waals surface area contributed by atoms with Crippen LogP contribution in [0.5, 0.6) is 5.75 Å². The Balaban J connectivity index is 1.66. The number of para-hydroxylation sites is 1. The van der Waals surface area contributed by atoms with Crippen LogP contribution in [-0.2, 0) is 6.42 Å². The Labute approximate surface area is 158 Å². The van der Waals surface area contributed by atoms with Gasteiger partial charge in [0.15, 0.2) is 0 Å². The van der Waals surface area contributed by atoms with Gasteiger partial charge in [-0.25, -0.2) is 4.98 Å². The summed E-state index contributed by atoms with van der Waals surface area (Å²) < 4.78 is 5.39. The third-order valence-corrected chi connectivity index (χ3v) is 4.06. The molecule has 0 aliphatic rings. The lowest BCUT2D eigenvalue weighted by Crippen LogP contribution is -2.09. The van der Waals surface area contributed by atoms with E-state index in [0.29, 0.717) is 11.0 Å². The van der Waals surface area contributed by atoms with Crippen LogP contribution >= 0.6 is 11.6 Å². The molecule has 0 atom stereocenters. The van der Waals surface area contributed by atoms with Crippen molar-refractivity contribution in [1.82, 2.24) is 9.97 Å². The average Bonchev–Trinajstić information content (AvgIpc) is 2.62. The Morgan fingerprint density at radius 1 is 1.04 bits per heavy atom. The van der Waals surface area contributed by atoms with Crippen LogP contribution < -0.4 is 15.4 Å². The number of nitrogens with one attached hydrogen (secondary N) is 2. The van der Waals surface area contributed by atoms with Crippen LogP contribution in [0.1, 0.15) is 11.3 Å². The Morgan fingerprint density at radius 3 is 2.69 bits per heavy atom. The molecule has 0 saturated carbocycles. The van der Waals surface area contributed by atoms with Crippen LogP contribution in [0.3, 0.4) is 0 Å². The van der Waals surface area contributed by atoms with Gasteiger partial charge in [-0.15, -0.1) is 0 Å². The predicted molar refractivity (Wildman–Crippen MR) is 107 cm³/mol. The first kappa shape index (κ1) is 18.0. The molecule has 2 N–H and O–H groups in total. The Kier molecular flexibility index (Phi) is 5.92. The highest BCUT2D eigenvalue weighted by atomic mass is 35.5. The molecule has 0 bridgehead atoms. The van der Waals surface area contributed by atoms with Crippen LogP contribution in [0.15, 0.2) is 54.6 Å². The van der Waals surface area contributed by atoms with E-state index in [1.54, 1.807) is 7.11 Å². The molecule has 0 radical (unpaired) electrons. The van der Waals surface area contributed by atoms with E-state index in [1.165, 1.54) is 0 Å². The van der Waals surface area contributed by atoms with Crippen molar-refractivity contribution in [2.24, 2.45) is 0 Å². The van der Waals surface area contributed by atoms with Gasteiger partial charge in [0.05, 0.1) is 7.11 Å². The number of hydrogen-bond acceptors (Lipinski definition) is 5. The Bertz CT molecular complexity index is 885. The number of nitrogens with zero attached hydrogens (tertiary/aromatic N) is 2. The molecule has 3 rings (SSSR count). The molecule has 0 aliphatic carbocycles. The fourth-order valence-corrected chi connectivity index (χ4v) is 2.84. The molecule has 3 aromatic rings. The molecular formula is C20H21ClN4O. The number of methoxy groups -OCH3 is 1. The summed E-state index contributed by atoms with van der Waals surface area (Å²) in [5, 5.41) is 7.20. The Hall–Kier alpha value is -2.79. The number of hydrogen-bond donors (Lipinski definition) is 2. The van der Waals surface area contributed by atoms with Crippen molar-refractivity contribution < 1.29 is 4.74 Å². The monoisotopic (exact) mass is 368 g/mol. The SMILES string of the molecule is COc1ccccc1CCNc1cc(C)nc(Nc2cccc(Cl)c2)n1. The summed E-state index contributed by atoms with van der Waals surface area (Å²) in [4.78, 5) is 8.95. The lowest BCUT2D eigenvalue weighted by Gasteiger charge is -2.11. The number of aromatic nitrogens is 2. The zero-order valence-corrected chi connectivity index (χ0v) is 15.5. The van der Waals surface area contributed by atoms with Crippen LogP contribution in [0.25, 0.3) is 0 Å². The highest BCUT2D eigenvalue weighted by Crippen LogP contribution is 2.20. The lowest BCUT2D eigenvalue weighted by atomic mass is 10.1. The molecule has 134 valence electrons. The van der Waals surface area contributed by atoms with Crippen molar-refractivity contribution in [3.05, 3.63) is 70.9 Å². The third kappa shape index (κ3) is 4.86. The smallest absolute Gasteiger partial charge is 0.229 e. The second kappa shape index (κ2) is 8.54. The number of aryl methyl sites for hydroxylation is 1. The number of anilines is 3. The first-order chi connectivity index (χ1) is 12.6. The zero-order chi connectivity index (χ0) is 18.4. The summed E-state index contributed by atoms with van der Waals surface area (Å²) in [6.45, 7) is 2.68. The van der Waals surface area contributed by atoms with Crippen molar-refractivity contribution in [2.45, 2.75) is 13.3 Å². The van der Waals surface area contributed by atoms with Crippen molar-refractivity contribution in [2.75, 3.05) is 24.3 Å². The van der Waals surface area contributed by atoms with E-state index < -0.39 is 0 Å². The number of halogens is 1. The van der Waals surface area contributed by atoms with Crippen molar-refractivity contribution in [3.63, 3.8) is 0 Å². The van der Waals surface area contributed by atoms with E-state index in [4.69, 9.17) is 16.3 Å². The summed E-state index contributed by atoms with van der Waals surface area (Å²) >= 11 is 6.02. The molecule has 1 heterocycles. The average molecular weight is 369 g/mol. The molecule has 0 aliphatic heterocycles. The van der Waals surface area contributed by atoms with Gasteiger partial charge in [0.1, 0.15) is 11.6 Å². The van der Waals surface area contributed by atoms with Crippen molar-refractivity contribution in [3.8, 4) is 5.75 Å². The van der Waals surface area contributed by atoms with Crippen LogP contribution in [0.4, 0.5) is 17.5 Å². The number of ether oxygens (including phenoxy) is 1. The van der Waals surface area contributed by atoms with Gasteiger partial charge in [0.2, 0.25) is 5.95 Å². The van der Waals surface area contributed by atoms with E-state index in [0.717, 1.165) is 41.5 Å². The first-order valence-electron chi connectivity index (χ1n) is 8.38. The molecule has 0 fully saturated rings. The second-order valence-electron chi connectivity index (χ2n) is 5.84. The summed E-state index contributed by atoms with van der Waals surface area (Å²) in [7, 11) is 1.69. The molecule has 0 amide bonds. The van der Waals surface area contributed by atoms with Gasteiger partial charge in [0.25, 0.3) is 0 Å². The fraction of sp³-hybridized carbons (Fsp3) is 0.200. The van der Waals surface area contributed by atoms with E-state index >= 15 is 0 Å². The molecular weight excluding hydrogens is 348 g/mol. The van der Waals surface area contributed by atoms with Crippen molar-refractivity contribution >= 4 is 29.1 Å². The summed E-state index contributed by atoms with van der Waals surface area (Å²) in [5.41, 5.74) is 2.89. The summed E-state index contributed by atoms with van der Waals surface area (Å²) in [5.74, 6) is 2.21. The minimum atomic E-state index is 0.534. The quantitative estimate of drug-likeness (QED) is 0.624. The minimum absolute atomic E-state index is 0.534.